The fourth-order valence-electron chi connectivity index (χ4n) is 1.67. The van der Waals surface area contributed by atoms with Crippen LogP contribution in [0, 0.1) is 5.82 Å². The van der Waals surface area contributed by atoms with Crippen LogP contribution in [-0.2, 0) is 6.42 Å². The van der Waals surface area contributed by atoms with Crippen LogP contribution in [0.15, 0.2) is 24.3 Å². The van der Waals surface area contributed by atoms with Crippen LogP contribution in [0.2, 0.25) is 0 Å². The van der Waals surface area contributed by atoms with Crippen molar-refractivity contribution in [3.63, 3.8) is 0 Å². The lowest BCUT2D eigenvalue weighted by Crippen LogP contribution is -2.32. The molecule has 1 atom stereocenters. The van der Waals surface area contributed by atoms with E-state index in [0.717, 1.165) is 13.1 Å². The van der Waals surface area contributed by atoms with Gasteiger partial charge in [-0.25, -0.2) is 4.39 Å². The average molecular weight is 225 g/mol. The summed E-state index contributed by atoms with van der Waals surface area (Å²) in [6.07, 6.45) is 0.972. The third kappa shape index (κ3) is 4.29. The molecule has 3 heteroatoms. The van der Waals surface area contributed by atoms with Gasteiger partial charge in [0.05, 0.1) is 5.60 Å². The van der Waals surface area contributed by atoms with Gasteiger partial charge in [0.25, 0.3) is 0 Å². The molecule has 1 unspecified atom stereocenters. The average Bonchev–Trinajstić information content (AvgIpc) is 2.21. The van der Waals surface area contributed by atoms with E-state index in [4.69, 9.17) is 0 Å². The van der Waals surface area contributed by atoms with Crippen molar-refractivity contribution >= 4 is 0 Å². The van der Waals surface area contributed by atoms with Gasteiger partial charge in [0, 0.05) is 6.42 Å². The number of halogens is 1. The maximum absolute atomic E-state index is 13.4. The molecule has 16 heavy (non-hydrogen) atoms. The monoisotopic (exact) mass is 225 g/mol. The summed E-state index contributed by atoms with van der Waals surface area (Å²) in [5, 5.41) is 13.3. The number of rotatable bonds is 6. The van der Waals surface area contributed by atoms with E-state index in [1.165, 1.54) is 6.07 Å². The normalized spacial score (nSPS) is 14.8. The summed E-state index contributed by atoms with van der Waals surface area (Å²) in [5.74, 6) is -0.244. The number of nitrogens with one attached hydrogen (secondary N) is 1. The smallest absolute Gasteiger partial charge is 0.126 e. The van der Waals surface area contributed by atoms with E-state index >= 15 is 0 Å². The highest BCUT2D eigenvalue weighted by Crippen LogP contribution is 2.18. The zero-order valence-electron chi connectivity index (χ0n) is 9.96. The van der Waals surface area contributed by atoms with Crippen LogP contribution in [0.3, 0.4) is 0 Å². The summed E-state index contributed by atoms with van der Waals surface area (Å²) in [6, 6.07) is 6.59. The van der Waals surface area contributed by atoms with E-state index in [2.05, 4.69) is 5.32 Å². The van der Waals surface area contributed by atoms with E-state index in [1.807, 2.05) is 6.92 Å². The summed E-state index contributed by atoms with van der Waals surface area (Å²) >= 11 is 0. The molecule has 1 rings (SSSR count). The quantitative estimate of drug-likeness (QED) is 0.727. The molecule has 0 saturated heterocycles. The van der Waals surface area contributed by atoms with Crippen LogP contribution in [0.4, 0.5) is 4.39 Å². The third-order valence-corrected chi connectivity index (χ3v) is 2.62. The molecule has 0 aliphatic heterocycles. The maximum Gasteiger partial charge on any atom is 0.126 e. The van der Waals surface area contributed by atoms with Crippen molar-refractivity contribution < 1.29 is 9.50 Å². The summed E-state index contributed by atoms with van der Waals surface area (Å²) in [6.45, 7) is 5.40. The Morgan fingerprint density at radius 1 is 1.38 bits per heavy atom. The third-order valence-electron chi connectivity index (χ3n) is 2.62. The SMILES string of the molecule is CCNCCC(C)(O)Cc1ccccc1F. The standard InChI is InChI=1S/C13H20FNO/c1-3-15-9-8-13(2,16)10-11-6-4-5-7-12(11)14/h4-7,15-16H,3,8-10H2,1-2H3. The molecule has 0 heterocycles. The summed E-state index contributed by atoms with van der Waals surface area (Å²) in [4.78, 5) is 0. The van der Waals surface area contributed by atoms with Gasteiger partial charge in [-0.3, -0.25) is 0 Å². The lowest BCUT2D eigenvalue weighted by Gasteiger charge is -2.23. The largest absolute Gasteiger partial charge is 0.390 e. The summed E-state index contributed by atoms with van der Waals surface area (Å²) < 4.78 is 13.4. The van der Waals surface area contributed by atoms with Crippen molar-refractivity contribution in [3.05, 3.63) is 35.6 Å². The molecule has 0 radical (unpaired) electrons. The van der Waals surface area contributed by atoms with Crippen LogP contribution in [0.5, 0.6) is 0 Å². The van der Waals surface area contributed by atoms with E-state index in [0.29, 0.717) is 18.4 Å². The van der Waals surface area contributed by atoms with Crippen molar-refractivity contribution in [1.29, 1.82) is 0 Å². The molecule has 0 amide bonds. The van der Waals surface area contributed by atoms with E-state index in [1.54, 1.807) is 25.1 Å². The van der Waals surface area contributed by atoms with Crippen molar-refractivity contribution in [2.24, 2.45) is 0 Å². The highest BCUT2D eigenvalue weighted by molar-refractivity contribution is 5.19. The van der Waals surface area contributed by atoms with Gasteiger partial charge in [-0.2, -0.15) is 0 Å². The minimum absolute atomic E-state index is 0.244. The van der Waals surface area contributed by atoms with Gasteiger partial charge in [0.1, 0.15) is 5.82 Å². The minimum atomic E-state index is -0.857. The molecule has 2 N–H and O–H groups in total. The van der Waals surface area contributed by atoms with Crippen molar-refractivity contribution in [2.45, 2.75) is 32.3 Å². The maximum atomic E-state index is 13.4. The van der Waals surface area contributed by atoms with E-state index in [9.17, 15) is 9.50 Å². The Balaban J connectivity index is 2.55. The Morgan fingerprint density at radius 3 is 2.69 bits per heavy atom. The molecule has 1 aromatic carbocycles. The van der Waals surface area contributed by atoms with Gasteiger partial charge in [-0.1, -0.05) is 25.1 Å². The van der Waals surface area contributed by atoms with Crippen LogP contribution in [0.25, 0.3) is 0 Å². The first-order chi connectivity index (χ1) is 7.55. The fourth-order valence-corrected chi connectivity index (χ4v) is 1.67. The predicted molar refractivity (Wildman–Crippen MR) is 63.9 cm³/mol. The Kier molecular flexibility index (Phi) is 4.90. The Bertz CT molecular complexity index is 325. The molecule has 0 spiro atoms. The van der Waals surface area contributed by atoms with Gasteiger partial charge >= 0.3 is 0 Å². The van der Waals surface area contributed by atoms with E-state index < -0.39 is 5.60 Å². The van der Waals surface area contributed by atoms with E-state index in [-0.39, 0.29) is 5.82 Å². The molecule has 2 nitrogen and oxygen atoms in total. The molecular formula is C13H20FNO. The molecule has 0 aromatic heterocycles. The van der Waals surface area contributed by atoms with Gasteiger partial charge in [-0.05, 0) is 38.1 Å². The van der Waals surface area contributed by atoms with Gasteiger partial charge < -0.3 is 10.4 Å². The molecule has 0 aliphatic carbocycles. The van der Waals surface area contributed by atoms with Crippen LogP contribution in [-0.4, -0.2) is 23.8 Å². The van der Waals surface area contributed by atoms with Crippen LogP contribution >= 0.6 is 0 Å². The molecule has 1 aromatic rings. The number of hydrogen-bond acceptors (Lipinski definition) is 2. The van der Waals surface area contributed by atoms with Crippen LogP contribution in [0.1, 0.15) is 25.8 Å². The summed E-state index contributed by atoms with van der Waals surface area (Å²) in [7, 11) is 0. The first-order valence-electron chi connectivity index (χ1n) is 5.71. The molecule has 0 bridgehead atoms. The lowest BCUT2D eigenvalue weighted by atomic mass is 9.93. The van der Waals surface area contributed by atoms with Crippen molar-refractivity contribution in [3.8, 4) is 0 Å². The highest BCUT2D eigenvalue weighted by Gasteiger charge is 2.21. The Morgan fingerprint density at radius 2 is 2.06 bits per heavy atom. The van der Waals surface area contributed by atoms with Crippen LogP contribution < -0.4 is 5.32 Å². The topological polar surface area (TPSA) is 32.3 Å². The zero-order chi connectivity index (χ0) is 12.0. The Hall–Kier alpha value is -0.930. The first kappa shape index (κ1) is 13.1. The fraction of sp³-hybridized carbons (Fsp3) is 0.538. The zero-order valence-corrected chi connectivity index (χ0v) is 9.96. The van der Waals surface area contributed by atoms with Crippen molar-refractivity contribution in [1.82, 2.24) is 5.32 Å². The van der Waals surface area contributed by atoms with Crippen molar-refractivity contribution in [2.75, 3.05) is 13.1 Å². The molecule has 90 valence electrons. The molecule has 0 saturated carbocycles. The summed E-state index contributed by atoms with van der Waals surface area (Å²) in [5.41, 5.74) is -0.284. The highest BCUT2D eigenvalue weighted by atomic mass is 19.1. The van der Waals surface area contributed by atoms with Gasteiger partial charge in [-0.15, -0.1) is 0 Å². The first-order valence-corrected chi connectivity index (χ1v) is 5.71. The molecule has 0 fully saturated rings. The predicted octanol–water partition coefficient (Wildman–Crippen LogP) is 2.12. The van der Waals surface area contributed by atoms with Gasteiger partial charge in [0.15, 0.2) is 0 Å². The second-order valence-electron chi connectivity index (χ2n) is 4.37. The van der Waals surface area contributed by atoms with Gasteiger partial charge in [0.2, 0.25) is 0 Å². The lowest BCUT2D eigenvalue weighted by molar-refractivity contribution is 0.0508. The second-order valence-corrected chi connectivity index (χ2v) is 4.37. The molecule has 0 aliphatic rings. The number of benzene rings is 1. The number of hydrogen-bond donors (Lipinski definition) is 2. The second kappa shape index (κ2) is 5.97. The Labute approximate surface area is 96.5 Å². The number of aliphatic hydroxyl groups is 1. The molecular weight excluding hydrogens is 205 g/mol. The minimum Gasteiger partial charge on any atom is -0.390 e.